The molecular weight excluding hydrogens is 245 g/mol. The molecule has 0 saturated carbocycles. The lowest BCUT2D eigenvalue weighted by Gasteiger charge is -2.07. The first-order valence-corrected chi connectivity index (χ1v) is 5.01. The van der Waals surface area contributed by atoms with Gasteiger partial charge in [0.1, 0.15) is 12.4 Å². The predicted octanol–water partition coefficient (Wildman–Crippen LogP) is 1.15. The van der Waals surface area contributed by atoms with Crippen molar-refractivity contribution in [3.63, 3.8) is 0 Å². The van der Waals surface area contributed by atoms with E-state index >= 15 is 0 Å². The van der Waals surface area contributed by atoms with E-state index in [0.717, 1.165) is 19.2 Å². The topological polar surface area (TPSA) is 84.9 Å². The molecule has 0 fully saturated rings. The molecule has 18 heavy (non-hydrogen) atoms. The zero-order valence-corrected chi connectivity index (χ0v) is 9.60. The van der Waals surface area contributed by atoms with Crippen LogP contribution in [0.25, 0.3) is 0 Å². The van der Waals surface area contributed by atoms with Crippen LogP contribution in [0, 0.1) is 5.82 Å². The third-order valence-corrected chi connectivity index (χ3v) is 1.94. The van der Waals surface area contributed by atoms with Crippen LogP contribution in [0.2, 0.25) is 0 Å². The fourth-order valence-corrected chi connectivity index (χ4v) is 1.16. The van der Waals surface area contributed by atoms with Gasteiger partial charge in [-0.3, -0.25) is 5.32 Å². The average Bonchev–Trinajstić information content (AvgIpc) is 2.37. The van der Waals surface area contributed by atoms with Gasteiger partial charge in [-0.1, -0.05) is 0 Å². The summed E-state index contributed by atoms with van der Waals surface area (Å²) >= 11 is 0. The number of esters is 1. The van der Waals surface area contributed by atoms with Crippen LogP contribution in [0.15, 0.2) is 18.2 Å². The Bertz CT molecular complexity index is 449. The van der Waals surface area contributed by atoms with Crippen LogP contribution in [-0.4, -0.2) is 37.5 Å². The molecule has 0 heterocycles. The molecule has 0 unspecified atom stereocenters. The third-order valence-electron chi connectivity index (χ3n) is 1.94. The van der Waals surface area contributed by atoms with Crippen molar-refractivity contribution in [1.29, 1.82) is 0 Å². The number of carbonyl (C=O) groups excluding carboxylic acids is 2. The van der Waals surface area contributed by atoms with Crippen LogP contribution in [0.1, 0.15) is 10.4 Å². The van der Waals surface area contributed by atoms with Gasteiger partial charge in [-0.2, -0.15) is 0 Å². The Hall–Kier alpha value is -2.15. The third kappa shape index (κ3) is 3.70. The van der Waals surface area contributed by atoms with E-state index in [1.54, 1.807) is 0 Å². The number of hydrogen-bond donors (Lipinski definition) is 2. The van der Waals surface area contributed by atoms with E-state index in [9.17, 15) is 14.0 Å². The lowest BCUT2D eigenvalue weighted by atomic mass is 10.2. The van der Waals surface area contributed by atoms with Crippen LogP contribution < -0.4 is 5.32 Å². The zero-order chi connectivity index (χ0) is 13.5. The molecule has 0 saturated heterocycles. The summed E-state index contributed by atoms with van der Waals surface area (Å²) < 4.78 is 22.2. The van der Waals surface area contributed by atoms with Crippen molar-refractivity contribution in [3.8, 4) is 0 Å². The first-order chi connectivity index (χ1) is 8.58. The molecule has 0 aliphatic rings. The number of ether oxygens (including phenoxy) is 2. The molecule has 0 aliphatic heterocycles. The highest BCUT2D eigenvalue weighted by Crippen LogP contribution is 2.15. The first kappa shape index (κ1) is 13.9. The molecule has 0 aromatic heterocycles. The molecule has 1 aromatic rings. The summed E-state index contributed by atoms with van der Waals surface area (Å²) in [7, 11) is 1.12. The second kappa shape index (κ2) is 6.55. The lowest BCUT2D eigenvalue weighted by Crippen LogP contribution is -2.16. The smallest absolute Gasteiger partial charge is 0.411 e. The van der Waals surface area contributed by atoms with Crippen molar-refractivity contribution in [2.24, 2.45) is 0 Å². The van der Waals surface area contributed by atoms with Crippen molar-refractivity contribution < 1.29 is 28.6 Å². The largest absolute Gasteiger partial charge is 0.465 e. The zero-order valence-electron chi connectivity index (χ0n) is 9.60. The van der Waals surface area contributed by atoms with E-state index in [4.69, 9.17) is 5.11 Å². The Labute approximate surface area is 102 Å². The SMILES string of the molecule is COC(=O)c1cc(NC(=O)OCCO)ccc1F. The summed E-state index contributed by atoms with van der Waals surface area (Å²) in [6.45, 7) is -0.457. The molecule has 0 spiro atoms. The quantitative estimate of drug-likeness (QED) is 0.790. The highest BCUT2D eigenvalue weighted by molar-refractivity contribution is 5.92. The summed E-state index contributed by atoms with van der Waals surface area (Å²) in [6.07, 6.45) is -0.813. The monoisotopic (exact) mass is 257 g/mol. The van der Waals surface area contributed by atoms with Gasteiger partial charge in [-0.05, 0) is 18.2 Å². The van der Waals surface area contributed by atoms with E-state index in [0.29, 0.717) is 0 Å². The number of anilines is 1. The van der Waals surface area contributed by atoms with Crippen molar-refractivity contribution >= 4 is 17.7 Å². The molecule has 0 bridgehead atoms. The van der Waals surface area contributed by atoms with E-state index < -0.39 is 17.9 Å². The summed E-state index contributed by atoms with van der Waals surface area (Å²) in [6, 6.07) is 3.41. The van der Waals surface area contributed by atoms with Crippen molar-refractivity contribution in [2.45, 2.75) is 0 Å². The number of carbonyl (C=O) groups is 2. The van der Waals surface area contributed by atoms with Crippen LogP contribution in [0.3, 0.4) is 0 Å². The molecule has 6 nitrogen and oxygen atoms in total. The minimum absolute atomic E-state index is 0.156. The van der Waals surface area contributed by atoms with Crippen LogP contribution in [0.4, 0.5) is 14.9 Å². The number of halogens is 1. The maximum absolute atomic E-state index is 13.3. The van der Waals surface area contributed by atoms with Gasteiger partial charge >= 0.3 is 12.1 Å². The average molecular weight is 257 g/mol. The number of benzene rings is 1. The maximum atomic E-state index is 13.3. The van der Waals surface area contributed by atoms with Gasteiger partial charge in [0.05, 0.1) is 19.3 Å². The molecule has 2 N–H and O–H groups in total. The van der Waals surface area contributed by atoms with Crippen LogP contribution in [-0.2, 0) is 9.47 Å². The molecule has 7 heteroatoms. The Morgan fingerprint density at radius 3 is 2.78 bits per heavy atom. The van der Waals surface area contributed by atoms with Gasteiger partial charge in [-0.25, -0.2) is 14.0 Å². The number of nitrogens with one attached hydrogen (secondary N) is 1. The molecule has 98 valence electrons. The minimum atomic E-state index is -0.847. The van der Waals surface area contributed by atoms with Crippen LogP contribution in [0.5, 0.6) is 0 Å². The number of aliphatic hydroxyl groups is 1. The molecule has 0 aliphatic carbocycles. The first-order valence-electron chi connectivity index (χ1n) is 5.01. The van der Waals surface area contributed by atoms with Gasteiger partial charge in [0.25, 0.3) is 0 Å². The predicted molar refractivity (Wildman–Crippen MR) is 59.8 cm³/mol. The lowest BCUT2D eigenvalue weighted by molar-refractivity contribution is 0.0595. The van der Waals surface area contributed by atoms with Crippen molar-refractivity contribution in [3.05, 3.63) is 29.6 Å². The van der Waals surface area contributed by atoms with E-state index in [1.165, 1.54) is 6.07 Å². The molecule has 0 atom stereocenters. The molecule has 0 radical (unpaired) electrons. The minimum Gasteiger partial charge on any atom is -0.465 e. The standard InChI is InChI=1S/C11H12FNO5/c1-17-10(15)8-6-7(2-3-9(8)12)13-11(16)18-5-4-14/h2-3,6,14H,4-5H2,1H3,(H,13,16). The highest BCUT2D eigenvalue weighted by atomic mass is 19.1. The summed E-state index contributed by atoms with van der Waals surface area (Å²) in [4.78, 5) is 22.4. The number of amides is 1. The second-order valence-corrected chi connectivity index (χ2v) is 3.17. The van der Waals surface area contributed by atoms with Gasteiger partial charge in [-0.15, -0.1) is 0 Å². The van der Waals surface area contributed by atoms with Gasteiger partial charge in [0.15, 0.2) is 0 Å². The maximum Gasteiger partial charge on any atom is 0.411 e. The molecular formula is C11H12FNO5. The summed E-state index contributed by atoms with van der Waals surface area (Å²) in [5.74, 6) is -1.60. The second-order valence-electron chi connectivity index (χ2n) is 3.17. The fourth-order valence-electron chi connectivity index (χ4n) is 1.16. The molecule has 1 rings (SSSR count). The van der Waals surface area contributed by atoms with E-state index in [2.05, 4.69) is 14.8 Å². The Kier molecular flexibility index (Phi) is 5.06. The van der Waals surface area contributed by atoms with Gasteiger partial charge in [0.2, 0.25) is 0 Å². The van der Waals surface area contributed by atoms with Crippen LogP contribution >= 0.6 is 0 Å². The Morgan fingerprint density at radius 2 is 2.17 bits per heavy atom. The Morgan fingerprint density at radius 1 is 1.44 bits per heavy atom. The van der Waals surface area contributed by atoms with Gasteiger partial charge in [0, 0.05) is 5.69 Å². The molecule has 1 amide bonds. The van der Waals surface area contributed by atoms with E-state index in [-0.39, 0.29) is 24.5 Å². The number of hydrogen-bond acceptors (Lipinski definition) is 5. The van der Waals surface area contributed by atoms with E-state index in [1.807, 2.05) is 0 Å². The van der Waals surface area contributed by atoms with Gasteiger partial charge < -0.3 is 14.6 Å². The number of methoxy groups -OCH3 is 1. The summed E-state index contributed by atoms with van der Waals surface area (Å²) in [5, 5.41) is 10.7. The highest BCUT2D eigenvalue weighted by Gasteiger charge is 2.13. The summed E-state index contributed by atoms with van der Waals surface area (Å²) in [5.41, 5.74) is -0.114. The number of aliphatic hydroxyl groups excluding tert-OH is 1. The fraction of sp³-hybridized carbons (Fsp3) is 0.273. The van der Waals surface area contributed by atoms with Crippen molar-refractivity contribution in [2.75, 3.05) is 25.6 Å². The van der Waals surface area contributed by atoms with Crippen molar-refractivity contribution in [1.82, 2.24) is 0 Å². The molecule has 1 aromatic carbocycles. The Balaban J connectivity index is 2.79. The normalized spacial score (nSPS) is 9.72. The number of rotatable bonds is 4.